The quantitative estimate of drug-likeness (QED) is 0.645. The lowest BCUT2D eigenvalue weighted by Crippen LogP contribution is -2.27. The van der Waals surface area contributed by atoms with Crippen molar-refractivity contribution < 1.29 is 24.4 Å². The molecule has 2 N–H and O–H groups in total. The summed E-state index contributed by atoms with van der Waals surface area (Å²) in [4.78, 5) is 33.1. The van der Waals surface area contributed by atoms with Gasteiger partial charge in [-0.05, 0) is 39.0 Å². The van der Waals surface area contributed by atoms with Crippen molar-refractivity contribution in [2.45, 2.75) is 26.4 Å². The van der Waals surface area contributed by atoms with Crippen molar-refractivity contribution in [2.75, 3.05) is 5.32 Å². The molecule has 25 heavy (non-hydrogen) atoms. The molecule has 1 heterocycles. The minimum absolute atomic E-state index is 0.383. The number of carbonyl (C=O) groups excluding carboxylic acids is 1. The maximum Gasteiger partial charge on any atom is 0.412 e. The zero-order valence-electron chi connectivity index (χ0n) is 13.8. The minimum Gasteiger partial charge on any atom is -0.477 e. The Morgan fingerprint density at radius 1 is 1.28 bits per heavy atom. The van der Waals surface area contributed by atoms with Crippen molar-refractivity contribution in [3.05, 3.63) is 52.3 Å². The average molecular weight is 347 g/mol. The molecule has 0 fully saturated rings. The van der Waals surface area contributed by atoms with Gasteiger partial charge in [0, 0.05) is 18.5 Å². The van der Waals surface area contributed by atoms with Gasteiger partial charge in [0.1, 0.15) is 11.2 Å². The van der Waals surface area contributed by atoms with Gasteiger partial charge in [-0.1, -0.05) is 0 Å². The molecule has 0 bridgehead atoms. The number of nitrogens with zero attached hydrogens (tertiary/aromatic N) is 2. The molecule has 0 saturated carbocycles. The number of amides is 1. The number of carboxylic acids is 1. The van der Waals surface area contributed by atoms with Crippen molar-refractivity contribution in [2.24, 2.45) is 0 Å². The molecule has 0 spiro atoms. The predicted octanol–water partition coefficient (Wildman–Crippen LogP) is 3.43. The molecule has 2 aromatic rings. The summed E-state index contributed by atoms with van der Waals surface area (Å²) >= 11 is 0. The monoisotopic (exact) mass is 347 g/mol. The van der Waals surface area contributed by atoms with Gasteiger partial charge in [0.2, 0.25) is 0 Å². The number of ether oxygens (including phenoxy) is 1. The van der Waals surface area contributed by atoms with E-state index >= 15 is 0 Å². The van der Waals surface area contributed by atoms with Gasteiger partial charge in [0.25, 0.3) is 5.69 Å². The normalized spacial score (nSPS) is 11.0. The van der Waals surface area contributed by atoms with Gasteiger partial charge >= 0.3 is 12.1 Å². The molecular formula is C16H17N3O6. The fraction of sp³-hybridized carbons (Fsp3) is 0.250. The molecule has 9 nitrogen and oxygen atoms in total. The van der Waals surface area contributed by atoms with Crippen LogP contribution in [0.3, 0.4) is 0 Å². The molecule has 1 aromatic carbocycles. The van der Waals surface area contributed by atoms with Crippen LogP contribution in [0.15, 0.2) is 36.7 Å². The number of aromatic carboxylic acids is 1. The van der Waals surface area contributed by atoms with E-state index in [-0.39, 0.29) is 0 Å². The van der Waals surface area contributed by atoms with Crippen molar-refractivity contribution in [1.82, 2.24) is 4.57 Å². The molecule has 1 amide bonds. The van der Waals surface area contributed by atoms with Gasteiger partial charge in [0.15, 0.2) is 0 Å². The maximum absolute atomic E-state index is 11.7. The number of aromatic nitrogens is 1. The summed E-state index contributed by atoms with van der Waals surface area (Å²) in [6, 6.07) is 5.34. The highest BCUT2D eigenvalue weighted by Gasteiger charge is 2.21. The zero-order chi connectivity index (χ0) is 18.8. The van der Waals surface area contributed by atoms with Crippen LogP contribution in [-0.2, 0) is 4.74 Å². The first kappa shape index (κ1) is 18.0. The van der Waals surface area contributed by atoms with Crippen LogP contribution in [0.1, 0.15) is 31.1 Å². The zero-order valence-corrected chi connectivity index (χ0v) is 13.8. The number of hydrogen-bond acceptors (Lipinski definition) is 5. The van der Waals surface area contributed by atoms with Crippen molar-refractivity contribution >= 4 is 23.4 Å². The fourth-order valence-electron chi connectivity index (χ4n) is 2.07. The Labute approximate surface area is 143 Å². The number of nitrogens with one attached hydrogen (secondary N) is 1. The van der Waals surface area contributed by atoms with Crippen LogP contribution in [0.25, 0.3) is 5.69 Å². The maximum atomic E-state index is 11.7. The van der Waals surface area contributed by atoms with Gasteiger partial charge in [-0.3, -0.25) is 15.4 Å². The number of carbonyl (C=O) groups is 2. The summed E-state index contributed by atoms with van der Waals surface area (Å²) in [5, 5.41) is 22.6. The van der Waals surface area contributed by atoms with E-state index < -0.39 is 33.8 Å². The molecule has 0 saturated heterocycles. The van der Waals surface area contributed by atoms with Crippen LogP contribution in [-0.4, -0.2) is 32.3 Å². The van der Waals surface area contributed by atoms with Crippen LogP contribution < -0.4 is 5.32 Å². The van der Waals surface area contributed by atoms with E-state index in [1.807, 2.05) is 0 Å². The Morgan fingerprint density at radius 3 is 2.52 bits per heavy atom. The summed E-state index contributed by atoms with van der Waals surface area (Å²) in [6.07, 6.45) is 2.48. The van der Waals surface area contributed by atoms with E-state index in [0.29, 0.717) is 11.4 Å². The summed E-state index contributed by atoms with van der Waals surface area (Å²) in [5.74, 6) is -1.38. The van der Waals surface area contributed by atoms with Crippen molar-refractivity contribution in [3.8, 4) is 5.69 Å². The molecule has 0 aliphatic heterocycles. The molecule has 0 radical (unpaired) electrons. The lowest BCUT2D eigenvalue weighted by Gasteiger charge is -2.19. The van der Waals surface area contributed by atoms with E-state index in [2.05, 4.69) is 5.32 Å². The third-order valence-corrected chi connectivity index (χ3v) is 3.04. The molecule has 0 unspecified atom stereocenters. The lowest BCUT2D eigenvalue weighted by molar-refractivity contribution is -0.385. The first-order chi connectivity index (χ1) is 11.6. The minimum atomic E-state index is -1.38. The van der Waals surface area contributed by atoms with Gasteiger partial charge in [-0.15, -0.1) is 0 Å². The molecule has 9 heteroatoms. The smallest absolute Gasteiger partial charge is 0.412 e. The third kappa shape index (κ3) is 4.56. The number of carboxylic acid groups (broad SMARTS) is 1. The number of anilines is 1. The Morgan fingerprint density at radius 2 is 1.96 bits per heavy atom. The Kier molecular flexibility index (Phi) is 4.77. The van der Waals surface area contributed by atoms with Gasteiger partial charge in [-0.25, -0.2) is 9.59 Å². The lowest BCUT2D eigenvalue weighted by atomic mass is 10.1. The van der Waals surface area contributed by atoms with Crippen LogP contribution >= 0.6 is 0 Å². The second kappa shape index (κ2) is 6.63. The molecule has 1 aromatic heterocycles. The van der Waals surface area contributed by atoms with Crippen LogP contribution in [0, 0.1) is 10.1 Å². The molecule has 0 aliphatic rings. The highest BCUT2D eigenvalue weighted by atomic mass is 16.6. The number of hydrogen-bond donors (Lipinski definition) is 2. The molecule has 0 atom stereocenters. The van der Waals surface area contributed by atoms with Crippen LogP contribution in [0.2, 0.25) is 0 Å². The van der Waals surface area contributed by atoms with E-state index in [9.17, 15) is 19.7 Å². The summed E-state index contributed by atoms with van der Waals surface area (Å²) < 4.78 is 6.65. The summed E-state index contributed by atoms with van der Waals surface area (Å²) in [7, 11) is 0. The van der Waals surface area contributed by atoms with Crippen LogP contribution in [0.5, 0.6) is 0 Å². The second-order valence-corrected chi connectivity index (χ2v) is 6.20. The number of nitro benzene ring substituents is 1. The Balaban J connectivity index is 2.25. The Bertz CT molecular complexity index is 835. The van der Waals surface area contributed by atoms with Gasteiger partial charge in [-0.2, -0.15) is 0 Å². The highest BCUT2D eigenvalue weighted by molar-refractivity contribution is 5.92. The third-order valence-electron chi connectivity index (χ3n) is 3.04. The van der Waals surface area contributed by atoms with E-state index in [0.717, 1.165) is 12.1 Å². The second-order valence-electron chi connectivity index (χ2n) is 6.20. The summed E-state index contributed by atoms with van der Waals surface area (Å²) in [6.45, 7) is 5.21. The van der Waals surface area contributed by atoms with Gasteiger partial charge in [0.05, 0.1) is 16.3 Å². The molecule has 0 aliphatic carbocycles. The molecular weight excluding hydrogens is 330 g/mol. The van der Waals surface area contributed by atoms with E-state index in [1.165, 1.54) is 16.8 Å². The Hall–Kier alpha value is -3.36. The number of rotatable bonds is 4. The fourth-order valence-corrected chi connectivity index (χ4v) is 2.07. The number of nitro groups is 1. The largest absolute Gasteiger partial charge is 0.477 e. The van der Waals surface area contributed by atoms with E-state index in [4.69, 9.17) is 9.84 Å². The highest BCUT2D eigenvalue weighted by Crippen LogP contribution is 2.24. The van der Waals surface area contributed by atoms with Gasteiger partial charge < -0.3 is 14.4 Å². The molecule has 2 rings (SSSR count). The summed E-state index contributed by atoms with van der Waals surface area (Å²) in [5.41, 5.74) is -0.735. The number of benzene rings is 1. The van der Waals surface area contributed by atoms with E-state index in [1.54, 1.807) is 33.0 Å². The topological polar surface area (TPSA) is 124 Å². The predicted molar refractivity (Wildman–Crippen MR) is 89.2 cm³/mol. The van der Waals surface area contributed by atoms with Crippen molar-refractivity contribution in [3.63, 3.8) is 0 Å². The SMILES string of the molecule is CC(C)(C)OC(=O)Nc1ccn(-c2ccc(C(=O)O)c([N+](=O)[O-])c2)c1. The molecule has 132 valence electrons. The van der Waals surface area contributed by atoms with Crippen LogP contribution in [0.4, 0.5) is 16.2 Å². The average Bonchev–Trinajstić information content (AvgIpc) is 2.92. The standard InChI is InChI=1S/C16H17N3O6/c1-16(2,3)25-15(22)17-10-6-7-18(9-10)11-4-5-12(14(20)21)13(8-11)19(23)24/h4-9H,1-3H3,(H,17,22)(H,20,21). The first-order valence-corrected chi connectivity index (χ1v) is 7.27. The first-order valence-electron chi connectivity index (χ1n) is 7.27. The van der Waals surface area contributed by atoms with Crippen molar-refractivity contribution in [1.29, 1.82) is 0 Å².